The van der Waals surface area contributed by atoms with Crippen LogP contribution in [0.15, 0.2) is 0 Å². The Labute approximate surface area is 130 Å². The van der Waals surface area contributed by atoms with Crippen molar-refractivity contribution in [2.45, 2.75) is 52.0 Å². The highest BCUT2D eigenvalue weighted by molar-refractivity contribution is 7.91. The van der Waals surface area contributed by atoms with Gasteiger partial charge in [0.25, 0.3) is 0 Å². The van der Waals surface area contributed by atoms with E-state index in [1.54, 1.807) is 0 Å². The second kappa shape index (κ2) is 7.93. The summed E-state index contributed by atoms with van der Waals surface area (Å²) in [6.45, 7) is 9.59. The van der Waals surface area contributed by atoms with Gasteiger partial charge in [-0.05, 0) is 18.9 Å². The molecule has 124 valence electrons. The third kappa shape index (κ3) is 5.22. The topological polar surface area (TPSA) is 40.6 Å². The van der Waals surface area contributed by atoms with Crippen molar-refractivity contribution in [3.8, 4) is 0 Å². The lowest BCUT2D eigenvalue weighted by Crippen LogP contribution is -2.62. The first-order valence-electron chi connectivity index (χ1n) is 8.71. The SMILES string of the molecule is CCCCC(CC)CCN1CC(N2CCS(=O)(=O)CC2)C1. The van der Waals surface area contributed by atoms with Crippen LogP contribution in [0.25, 0.3) is 0 Å². The summed E-state index contributed by atoms with van der Waals surface area (Å²) >= 11 is 0. The molecule has 2 aliphatic heterocycles. The quantitative estimate of drug-likeness (QED) is 0.687. The molecule has 0 aromatic carbocycles. The number of unbranched alkanes of at least 4 members (excludes halogenated alkanes) is 1. The van der Waals surface area contributed by atoms with E-state index < -0.39 is 9.84 Å². The predicted molar refractivity (Wildman–Crippen MR) is 88.4 cm³/mol. The van der Waals surface area contributed by atoms with Crippen molar-refractivity contribution < 1.29 is 8.42 Å². The molecular weight excluding hydrogens is 284 g/mol. The highest BCUT2D eigenvalue weighted by Crippen LogP contribution is 2.21. The van der Waals surface area contributed by atoms with E-state index in [-0.39, 0.29) is 0 Å². The highest BCUT2D eigenvalue weighted by atomic mass is 32.2. The molecule has 0 amide bonds. The Morgan fingerprint density at radius 3 is 2.33 bits per heavy atom. The molecule has 2 fully saturated rings. The van der Waals surface area contributed by atoms with Crippen LogP contribution in [0.2, 0.25) is 0 Å². The summed E-state index contributed by atoms with van der Waals surface area (Å²) in [6, 6.07) is 0.608. The van der Waals surface area contributed by atoms with Crippen LogP contribution in [0.5, 0.6) is 0 Å². The maximum Gasteiger partial charge on any atom is 0.152 e. The third-order valence-corrected chi connectivity index (χ3v) is 6.84. The highest BCUT2D eigenvalue weighted by Gasteiger charge is 2.34. The molecule has 4 nitrogen and oxygen atoms in total. The number of likely N-dealkylation sites (tertiary alicyclic amines) is 1. The minimum Gasteiger partial charge on any atom is -0.300 e. The molecule has 2 rings (SSSR count). The zero-order valence-electron chi connectivity index (χ0n) is 13.8. The normalized spacial score (nSPS) is 25.6. The van der Waals surface area contributed by atoms with Gasteiger partial charge in [-0.3, -0.25) is 4.90 Å². The van der Waals surface area contributed by atoms with Gasteiger partial charge >= 0.3 is 0 Å². The van der Waals surface area contributed by atoms with Gasteiger partial charge in [0.15, 0.2) is 9.84 Å². The molecular formula is C16H32N2O2S. The Bertz CT molecular complexity index is 391. The second-order valence-corrected chi connectivity index (χ2v) is 9.11. The van der Waals surface area contributed by atoms with Gasteiger partial charge in [0, 0.05) is 32.2 Å². The summed E-state index contributed by atoms with van der Waals surface area (Å²) in [5.41, 5.74) is 0. The van der Waals surface area contributed by atoms with E-state index in [1.807, 2.05) is 0 Å². The second-order valence-electron chi connectivity index (χ2n) is 6.81. The third-order valence-electron chi connectivity index (χ3n) is 5.23. The number of sulfone groups is 1. The standard InChI is InChI=1S/C16H32N2O2S/c1-3-5-6-15(4-2)7-8-17-13-16(14-17)18-9-11-21(19,20)12-10-18/h15-16H,3-14H2,1-2H3. The molecule has 0 aromatic rings. The van der Waals surface area contributed by atoms with Crippen molar-refractivity contribution in [1.29, 1.82) is 0 Å². The maximum absolute atomic E-state index is 11.4. The lowest BCUT2D eigenvalue weighted by atomic mass is 9.94. The van der Waals surface area contributed by atoms with Crippen LogP contribution in [0.3, 0.4) is 0 Å². The first-order valence-corrected chi connectivity index (χ1v) is 10.5. The van der Waals surface area contributed by atoms with Crippen molar-refractivity contribution in [3.05, 3.63) is 0 Å². The first kappa shape index (κ1) is 17.2. The molecule has 2 heterocycles. The van der Waals surface area contributed by atoms with Crippen LogP contribution in [0.4, 0.5) is 0 Å². The summed E-state index contributed by atoms with van der Waals surface area (Å²) in [6.07, 6.45) is 6.69. The molecule has 2 saturated heterocycles. The van der Waals surface area contributed by atoms with Gasteiger partial charge in [0.1, 0.15) is 0 Å². The monoisotopic (exact) mass is 316 g/mol. The molecule has 0 aromatic heterocycles. The van der Waals surface area contributed by atoms with Crippen LogP contribution < -0.4 is 0 Å². The first-order chi connectivity index (χ1) is 10.0. The van der Waals surface area contributed by atoms with Crippen molar-refractivity contribution in [2.24, 2.45) is 5.92 Å². The average molecular weight is 317 g/mol. The van der Waals surface area contributed by atoms with E-state index in [0.29, 0.717) is 17.5 Å². The van der Waals surface area contributed by atoms with E-state index in [2.05, 4.69) is 23.6 Å². The fraction of sp³-hybridized carbons (Fsp3) is 1.00. The molecule has 0 N–H and O–H groups in total. The molecule has 1 unspecified atom stereocenters. The fourth-order valence-electron chi connectivity index (χ4n) is 3.46. The number of hydrogen-bond donors (Lipinski definition) is 0. The zero-order valence-corrected chi connectivity index (χ0v) is 14.6. The molecule has 0 spiro atoms. The van der Waals surface area contributed by atoms with E-state index in [0.717, 1.165) is 32.1 Å². The molecule has 5 heteroatoms. The van der Waals surface area contributed by atoms with Crippen LogP contribution in [-0.2, 0) is 9.84 Å². The molecule has 21 heavy (non-hydrogen) atoms. The summed E-state index contributed by atoms with van der Waals surface area (Å²) in [7, 11) is -2.74. The number of hydrogen-bond acceptors (Lipinski definition) is 4. The van der Waals surface area contributed by atoms with Gasteiger partial charge in [-0.1, -0.05) is 39.5 Å². The van der Waals surface area contributed by atoms with Crippen molar-refractivity contribution in [1.82, 2.24) is 9.80 Å². The summed E-state index contributed by atoms with van der Waals surface area (Å²) in [5.74, 6) is 1.61. The maximum atomic E-state index is 11.4. The van der Waals surface area contributed by atoms with E-state index >= 15 is 0 Å². The van der Waals surface area contributed by atoms with Gasteiger partial charge in [0.05, 0.1) is 11.5 Å². The smallest absolute Gasteiger partial charge is 0.152 e. The summed E-state index contributed by atoms with van der Waals surface area (Å²) in [4.78, 5) is 4.92. The minimum atomic E-state index is -2.74. The van der Waals surface area contributed by atoms with Gasteiger partial charge in [-0.2, -0.15) is 0 Å². The van der Waals surface area contributed by atoms with Crippen LogP contribution >= 0.6 is 0 Å². The molecule has 1 atom stereocenters. The Morgan fingerprint density at radius 2 is 1.76 bits per heavy atom. The van der Waals surface area contributed by atoms with E-state index in [1.165, 1.54) is 38.6 Å². The zero-order chi connectivity index (χ0) is 15.3. The van der Waals surface area contributed by atoms with E-state index in [9.17, 15) is 8.42 Å². The Balaban J connectivity index is 1.61. The molecule has 0 aliphatic carbocycles. The molecule has 0 saturated carbocycles. The molecule has 0 radical (unpaired) electrons. The largest absolute Gasteiger partial charge is 0.300 e. The van der Waals surface area contributed by atoms with Crippen molar-refractivity contribution in [2.75, 3.05) is 44.2 Å². The van der Waals surface area contributed by atoms with Gasteiger partial charge in [-0.15, -0.1) is 0 Å². The van der Waals surface area contributed by atoms with Gasteiger partial charge in [-0.25, -0.2) is 8.42 Å². The van der Waals surface area contributed by atoms with Crippen molar-refractivity contribution >= 4 is 9.84 Å². The van der Waals surface area contributed by atoms with Crippen molar-refractivity contribution in [3.63, 3.8) is 0 Å². The molecule has 0 bridgehead atoms. The number of rotatable bonds is 8. The summed E-state index contributed by atoms with van der Waals surface area (Å²) in [5, 5.41) is 0. The Kier molecular flexibility index (Phi) is 6.51. The minimum absolute atomic E-state index is 0.360. The predicted octanol–water partition coefficient (Wildman–Crippen LogP) is 2.01. The number of nitrogens with zero attached hydrogens (tertiary/aromatic N) is 2. The lowest BCUT2D eigenvalue weighted by molar-refractivity contribution is 0.0348. The van der Waals surface area contributed by atoms with Gasteiger partial charge < -0.3 is 4.90 Å². The Hall–Kier alpha value is -0.130. The van der Waals surface area contributed by atoms with E-state index in [4.69, 9.17) is 0 Å². The van der Waals surface area contributed by atoms with Gasteiger partial charge in [0.2, 0.25) is 0 Å². The van der Waals surface area contributed by atoms with Crippen LogP contribution in [0.1, 0.15) is 46.0 Å². The Morgan fingerprint density at radius 1 is 1.10 bits per heavy atom. The lowest BCUT2D eigenvalue weighted by Gasteiger charge is -2.47. The van der Waals surface area contributed by atoms with Crippen LogP contribution in [-0.4, -0.2) is 68.5 Å². The average Bonchev–Trinajstić information content (AvgIpc) is 2.41. The fourth-order valence-corrected chi connectivity index (χ4v) is 4.69. The van der Waals surface area contributed by atoms with Crippen LogP contribution in [0, 0.1) is 5.92 Å². The molecule has 2 aliphatic rings. The summed E-state index contributed by atoms with van der Waals surface area (Å²) < 4.78 is 22.9.